The highest BCUT2D eigenvalue weighted by Gasteiger charge is 2.40. The van der Waals surface area contributed by atoms with E-state index in [9.17, 15) is 14.9 Å². The molecule has 1 heterocycles. The lowest BCUT2D eigenvalue weighted by molar-refractivity contribution is -0.144. The Morgan fingerprint density at radius 1 is 1.30 bits per heavy atom. The lowest BCUT2D eigenvalue weighted by Crippen LogP contribution is -2.33. The molecule has 0 bridgehead atoms. The highest BCUT2D eigenvalue weighted by atomic mass is 32.2. The van der Waals surface area contributed by atoms with Crippen molar-refractivity contribution in [3.63, 3.8) is 0 Å². The summed E-state index contributed by atoms with van der Waals surface area (Å²) in [5, 5.41) is 10.2. The van der Waals surface area contributed by atoms with E-state index in [-0.39, 0.29) is 17.8 Å². The smallest absolute Gasteiger partial charge is 0.316 e. The predicted octanol–water partition coefficient (Wildman–Crippen LogP) is 3.45. The number of nitrogens with zero attached hydrogens (tertiary/aromatic N) is 2. The second kappa shape index (κ2) is 9.38. The Morgan fingerprint density at radius 2 is 1.96 bits per heavy atom. The van der Waals surface area contributed by atoms with Crippen LogP contribution >= 0.6 is 11.8 Å². The Morgan fingerprint density at radius 3 is 2.52 bits per heavy atom. The second-order valence-corrected chi connectivity index (χ2v) is 7.26. The number of rotatable bonds is 6. The number of esters is 2. The third kappa shape index (κ3) is 4.98. The monoisotopic (exact) mass is 386 g/mol. The van der Waals surface area contributed by atoms with Crippen molar-refractivity contribution in [2.24, 2.45) is 10.9 Å². The summed E-state index contributed by atoms with van der Waals surface area (Å²) >= 11 is 1.15. The molecule has 0 saturated heterocycles. The summed E-state index contributed by atoms with van der Waals surface area (Å²) in [4.78, 5) is 28.7. The van der Waals surface area contributed by atoms with Crippen LogP contribution in [0.4, 0.5) is 0 Å². The Bertz CT molecular complexity index is 809. The van der Waals surface area contributed by atoms with E-state index in [1.807, 2.05) is 30.3 Å². The summed E-state index contributed by atoms with van der Waals surface area (Å²) < 4.78 is 10.1. The van der Waals surface area contributed by atoms with Gasteiger partial charge in [0.1, 0.15) is 10.9 Å². The molecule has 1 aromatic rings. The van der Waals surface area contributed by atoms with Crippen molar-refractivity contribution in [3.8, 4) is 6.07 Å². The van der Waals surface area contributed by atoms with Crippen molar-refractivity contribution < 1.29 is 19.1 Å². The van der Waals surface area contributed by atoms with Crippen LogP contribution in [0, 0.1) is 17.2 Å². The van der Waals surface area contributed by atoms with Crippen LogP contribution < -0.4 is 0 Å². The summed E-state index contributed by atoms with van der Waals surface area (Å²) in [6, 6.07) is 11.5. The van der Waals surface area contributed by atoms with Gasteiger partial charge in [-0.1, -0.05) is 42.1 Å². The maximum absolute atomic E-state index is 12.4. The number of thioether (sulfide) groups is 1. The summed E-state index contributed by atoms with van der Waals surface area (Å²) in [6.45, 7) is 5.29. The molecule has 0 aromatic heterocycles. The number of ether oxygens (including phenoxy) is 2. The van der Waals surface area contributed by atoms with Crippen molar-refractivity contribution in [2.75, 3.05) is 12.9 Å². The zero-order chi connectivity index (χ0) is 20.0. The maximum atomic E-state index is 12.4. The molecule has 6 nitrogen and oxygen atoms in total. The number of benzene rings is 1. The summed E-state index contributed by atoms with van der Waals surface area (Å²) in [6.07, 6.45) is -0.208. The zero-order valence-corrected chi connectivity index (χ0v) is 16.6. The SMILES string of the molecule is COC(=O)C1C(C)=NC(SCC(=O)OC(C)C)=C(C#N)[C@@H]1c1ccccc1. The fourth-order valence-electron chi connectivity index (χ4n) is 2.94. The largest absolute Gasteiger partial charge is 0.468 e. The first-order valence-electron chi connectivity index (χ1n) is 8.53. The molecular formula is C20H22N2O4S. The van der Waals surface area contributed by atoms with Gasteiger partial charge in [0.25, 0.3) is 0 Å². The average Bonchev–Trinajstić information content (AvgIpc) is 2.65. The van der Waals surface area contributed by atoms with Crippen molar-refractivity contribution >= 4 is 29.4 Å². The van der Waals surface area contributed by atoms with Gasteiger partial charge in [-0.05, 0) is 26.3 Å². The van der Waals surface area contributed by atoms with E-state index >= 15 is 0 Å². The summed E-state index contributed by atoms with van der Waals surface area (Å²) in [5.74, 6) is -1.97. The molecular weight excluding hydrogens is 364 g/mol. The van der Waals surface area contributed by atoms with Gasteiger partial charge in [-0.3, -0.25) is 9.59 Å². The molecule has 0 radical (unpaired) electrons. The molecule has 0 amide bonds. The van der Waals surface area contributed by atoms with E-state index in [4.69, 9.17) is 9.47 Å². The number of nitriles is 1. The third-order valence-corrected chi connectivity index (χ3v) is 5.00. The fourth-order valence-corrected chi connectivity index (χ4v) is 3.79. The quantitative estimate of drug-likeness (QED) is 0.696. The standard InChI is InChI=1S/C20H22N2O4S/c1-12(2)26-16(23)11-27-19-15(10-21)18(14-8-6-5-7-9-14)17(13(3)22-19)20(24)25-4/h5-9,12,17-18H,11H2,1-4H3/t17?,18-/m0/s1. The van der Waals surface area contributed by atoms with Crippen LogP contribution in [0.5, 0.6) is 0 Å². The van der Waals surface area contributed by atoms with Gasteiger partial charge in [-0.15, -0.1) is 0 Å². The van der Waals surface area contributed by atoms with Gasteiger partial charge in [-0.2, -0.15) is 5.26 Å². The van der Waals surface area contributed by atoms with Crippen molar-refractivity contribution in [2.45, 2.75) is 32.8 Å². The molecule has 1 aromatic carbocycles. The minimum Gasteiger partial charge on any atom is -0.468 e. The molecule has 2 atom stereocenters. The van der Waals surface area contributed by atoms with Gasteiger partial charge >= 0.3 is 11.9 Å². The number of carbonyl (C=O) groups is 2. The van der Waals surface area contributed by atoms with Gasteiger partial charge in [0.2, 0.25) is 0 Å². The van der Waals surface area contributed by atoms with Crippen LogP contribution in [-0.4, -0.2) is 36.6 Å². The minimum atomic E-state index is -0.681. The van der Waals surface area contributed by atoms with Crippen molar-refractivity contribution in [1.29, 1.82) is 5.26 Å². The van der Waals surface area contributed by atoms with Crippen LogP contribution in [0.2, 0.25) is 0 Å². The summed E-state index contributed by atoms with van der Waals surface area (Å²) in [7, 11) is 1.32. The number of carbonyl (C=O) groups excluding carboxylic acids is 2. The Balaban J connectivity index is 2.43. The van der Waals surface area contributed by atoms with Gasteiger partial charge in [0.15, 0.2) is 0 Å². The van der Waals surface area contributed by atoms with Crippen molar-refractivity contribution in [1.82, 2.24) is 0 Å². The molecule has 142 valence electrons. The third-order valence-electron chi connectivity index (χ3n) is 4.03. The zero-order valence-electron chi connectivity index (χ0n) is 15.8. The molecule has 0 N–H and O–H groups in total. The Labute approximate surface area is 163 Å². The molecule has 0 spiro atoms. The molecule has 27 heavy (non-hydrogen) atoms. The number of aliphatic imine (C=N–C) groups is 1. The Hall–Kier alpha value is -2.59. The normalized spacial score (nSPS) is 19.3. The molecule has 0 saturated carbocycles. The van der Waals surface area contributed by atoms with Crippen LogP contribution in [0.15, 0.2) is 45.9 Å². The molecule has 1 aliphatic heterocycles. The lowest BCUT2D eigenvalue weighted by Gasteiger charge is -2.29. The van der Waals surface area contributed by atoms with Crippen molar-refractivity contribution in [3.05, 3.63) is 46.5 Å². The molecule has 7 heteroatoms. The van der Waals surface area contributed by atoms with E-state index in [0.717, 1.165) is 17.3 Å². The Kier molecular flexibility index (Phi) is 7.19. The maximum Gasteiger partial charge on any atom is 0.316 e. The number of hydrogen-bond donors (Lipinski definition) is 0. The second-order valence-electron chi connectivity index (χ2n) is 6.30. The van der Waals surface area contributed by atoms with Gasteiger partial charge in [-0.25, -0.2) is 4.99 Å². The average molecular weight is 386 g/mol. The first-order chi connectivity index (χ1) is 12.9. The van der Waals surface area contributed by atoms with Crippen LogP contribution in [0.1, 0.15) is 32.3 Å². The topological polar surface area (TPSA) is 88.8 Å². The highest BCUT2D eigenvalue weighted by molar-refractivity contribution is 8.03. The molecule has 1 unspecified atom stereocenters. The highest BCUT2D eigenvalue weighted by Crippen LogP contribution is 2.42. The van der Waals surface area contributed by atoms with E-state index in [1.165, 1.54) is 7.11 Å². The summed E-state index contributed by atoms with van der Waals surface area (Å²) in [5.41, 5.74) is 1.72. The van der Waals surface area contributed by atoms with Gasteiger partial charge in [0, 0.05) is 11.6 Å². The van der Waals surface area contributed by atoms with Crippen LogP contribution in [0.25, 0.3) is 0 Å². The molecule has 1 aliphatic rings. The van der Waals surface area contributed by atoms with Crippen LogP contribution in [-0.2, 0) is 19.1 Å². The predicted molar refractivity (Wildman–Crippen MR) is 104 cm³/mol. The number of allylic oxidation sites excluding steroid dienone is 1. The van der Waals surface area contributed by atoms with Crippen LogP contribution in [0.3, 0.4) is 0 Å². The van der Waals surface area contributed by atoms with Gasteiger partial charge < -0.3 is 9.47 Å². The molecule has 0 aliphatic carbocycles. The van der Waals surface area contributed by atoms with Gasteiger partial charge in [0.05, 0.1) is 30.6 Å². The minimum absolute atomic E-state index is 0.0415. The molecule has 0 fully saturated rings. The van der Waals surface area contributed by atoms with E-state index in [2.05, 4.69) is 11.1 Å². The van der Waals surface area contributed by atoms with E-state index < -0.39 is 17.8 Å². The molecule has 2 rings (SSSR count). The number of methoxy groups -OCH3 is 1. The number of hydrogen-bond acceptors (Lipinski definition) is 7. The first-order valence-corrected chi connectivity index (χ1v) is 9.52. The fraction of sp³-hybridized carbons (Fsp3) is 0.400. The van der Waals surface area contributed by atoms with E-state index in [1.54, 1.807) is 20.8 Å². The lowest BCUT2D eigenvalue weighted by atomic mass is 9.77. The van der Waals surface area contributed by atoms with E-state index in [0.29, 0.717) is 16.3 Å². The first kappa shape index (κ1) is 20.7.